The molecular weight excluding hydrogens is 228 g/mol. The third-order valence-electron chi connectivity index (χ3n) is 2.57. The topological polar surface area (TPSA) is 61.4 Å². The van der Waals surface area contributed by atoms with Gasteiger partial charge in [0.15, 0.2) is 0 Å². The highest BCUT2D eigenvalue weighted by atomic mass is 35.5. The summed E-state index contributed by atoms with van der Waals surface area (Å²) in [6.45, 7) is 3.71. The molecule has 0 aromatic carbocycles. The fourth-order valence-electron chi connectivity index (χ4n) is 1.44. The van der Waals surface area contributed by atoms with E-state index in [-0.39, 0.29) is 18.3 Å². The van der Waals surface area contributed by atoms with Crippen LogP contribution in [0.3, 0.4) is 0 Å². The Morgan fingerprint density at radius 1 is 1.50 bits per heavy atom. The Kier molecular flexibility index (Phi) is 8.61. The summed E-state index contributed by atoms with van der Waals surface area (Å²) in [4.78, 5) is 11.3. The summed E-state index contributed by atoms with van der Waals surface area (Å²) in [7, 11) is 0. The molecule has 3 N–H and O–H groups in total. The molecule has 0 spiro atoms. The normalized spacial score (nSPS) is 16.4. The van der Waals surface area contributed by atoms with Gasteiger partial charge in [0.05, 0.1) is 12.6 Å². The van der Waals surface area contributed by atoms with Crippen molar-refractivity contribution in [3.63, 3.8) is 0 Å². The first-order valence-corrected chi connectivity index (χ1v) is 5.87. The van der Waals surface area contributed by atoms with Crippen molar-refractivity contribution in [2.24, 2.45) is 5.92 Å². The molecule has 0 aliphatic heterocycles. The monoisotopic (exact) mass is 250 g/mol. The van der Waals surface area contributed by atoms with Crippen LogP contribution in [0.15, 0.2) is 0 Å². The molecule has 0 bridgehead atoms. The number of hydrogen-bond acceptors (Lipinski definition) is 3. The summed E-state index contributed by atoms with van der Waals surface area (Å²) in [6.07, 6.45) is 3.88. The van der Waals surface area contributed by atoms with Crippen LogP contribution in [-0.4, -0.2) is 36.8 Å². The minimum atomic E-state index is -0.401. The van der Waals surface area contributed by atoms with Gasteiger partial charge in [-0.15, -0.1) is 12.4 Å². The lowest BCUT2D eigenvalue weighted by Gasteiger charge is -2.10. The van der Waals surface area contributed by atoms with Crippen molar-refractivity contribution in [3.8, 4) is 0 Å². The molecule has 96 valence electrons. The average molecular weight is 251 g/mol. The Morgan fingerprint density at radius 3 is 2.75 bits per heavy atom. The van der Waals surface area contributed by atoms with E-state index in [2.05, 4.69) is 10.6 Å². The predicted octanol–water partition coefficient (Wildman–Crippen LogP) is 0.685. The van der Waals surface area contributed by atoms with Gasteiger partial charge in [-0.25, -0.2) is 0 Å². The van der Waals surface area contributed by atoms with Crippen LogP contribution in [-0.2, 0) is 4.79 Å². The minimum Gasteiger partial charge on any atom is -0.391 e. The first-order valence-electron chi connectivity index (χ1n) is 5.87. The summed E-state index contributed by atoms with van der Waals surface area (Å²) in [6, 6.07) is 0. The van der Waals surface area contributed by atoms with Gasteiger partial charge < -0.3 is 15.7 Å². The van der Waals surface area contributed by atoms with E-state index in [1.165, 1.54) is 12.8 Å². The van der Waals surface area contributed by atoms with Gasteiger partial charge >= 0.3 is 0 Å². The summed E-state index contributed by atoms with van der Waals surface area (Å²) >= 11 is 0. The molecular formula is C11H23ClN2O2. The van der Waals surface area contributed by atoms with Crippen LogP contribution in [0.5, 0.6) is 0 Å². The second-order valence-corrected chi connectivity index (χ2v) is 4.32. The van der Waals surface area contributed by atoms with Crippen LogP contribution in [0.25, 0.3) is 0 Å². The van der Waals surface area contributed by atoms with Gasteiger partial charge in [-0.2, -0.15) is 0 Å². The minimum absolute atomic E-state index is 0. The van der Waals surface area contributed by atoms with Crippen molar-refractivity contribution in [3.05, 3.63) is 0 Å². The molecule has 16 heavy (non-hydrogen) atoms. The van der Waals surface area contributed by atoms with Gasteiger partial charge in [-0.3, -0.25) is 4.79 Å². The number of aliphatic hydroxyl groups excluding tert-OH is 1. The maximum absolute atomic E-state index is 11.3. The smallest absolute Gasteiger partial charge is 0.234 e. The first-order chi connectivity index (χ1) is 7.22. The number of rotatable bonds is 8. The number of hydrogen-bond donors (Lipinski definition) is 3. The molecule has 0 radical (unpaired) electrons. The highest BCUT2D eigenvalue weighted by Gasteiger charge is 2.20. The summed E-state index contributed by atoms with van der Waals surface area (Å²) in [5.41, 5.74) is 0. The van der Waals surface area contributed by atoms with Gasteiger partial charge in [-0.1, -0.05) is 13.3 Å². The van der Waals surface area contributed by atoms with E-state index in [1.807, 2.05) is 6.92 Å². The molecule has 1 atom stereocenters. The van der Waals surface area contributed by atoms with Crippen molar-refractivity contribution >= 4 is 18.3 Å². The lowest BCUT2D eigenvalue weighted by Crippen LogP contribution is -2.38. The summed E-state index contributed by atoms with van der Waals surface area (Å²) in [5.74, 6) is 0.772. The zero-order chi connectivity index (χ0) is 11.1. The fraction of sp³-hybridized carbons (Fsp3) is 0.909. The van der Waals surface area contributed by atoms with Crippen molar-refractivity contribution < 1.29 is 9.90 Å². The number of nitrogens with one attached hydrogen (secondary N) is 2. The Bertz CT molecular complexity index is 198. The maximum Gasteiger partial charge on any atom is 0.234 e. The molecule has 1 fully saturated rings. The van der Waals surface area contributed by atoms with E-state index >= 15 is 0 Å². The SMILES string of the molecule is CCCC(O)CNC(=O)CNCC1CC1.Cl. The predicted molar refractivity (Wildman–Crippen MR) is 66.8 cm³/mol. The van der Waals surface area contributed by atoms with Crippen LogP contribution in [0.1, 0.15) is 32.6 Å². The zero-order valence-corrected chi connectivity index (χ0v) is 10.7. The average Bonchev–Trinajstić information content (AvgIpc) is 2.99. The lowest BCUT2D eigenvalue weighted by atomic mass is 10.2. The van der Waals surface area contributed by atoms with Gasteiger partial charge in [-0.05, 0) is 31.7 Å². The quantitative estimate of drug-likeness (QED) is 0.594. The number of carbonyl (C=O) groups excluding carboxylic acids is 1. The van der Waals surface area contributed by atoms with Crippen molar-refractivity contribution in [2.75, 3.05) is 19.6 Å². The Hall–Kier alpha value is -0.320. The van der Waals surface area contributed by atoms with Gasteiger partial charge in [0.1, 0.15) is 0 Å². The molecule has 0 saturated heterocycles. The van der Waals surface area contributed by atoms with Crippen molar-refractivity contribution in [1.82, 2.24) is 10.6 Å². The fourth-order valence-corrected chi connectivity index (χ4v) is 1.44. The highest BCUT2D eigenvalue weighted by molar-refractivity contribution is 5.85. The number of halogens is 1. The standard InChI is InChI=1S/C11H22N2O2.ClH/c1-2-3-10(14)7-13-11(15)8-12-6-9-4-5-9;/h9-10,12,14H,2-8H2,1H3,(H,13,15);1H. The second kappa shape index (κ2) is 8.79. The van der Waals surface area contributed by atoms with Gasteiger partial charge in [0, 0.05) is 6.54 Å². The number of aliphatic hydroxyl groups is 1. The van der Waals surface area contributed by atoms with Crippen molar-refractivity contribution in [1.29, 1.82) is 0 Å². The van der Waals surface area contributed by atoms with E-state index in [1.54, 1.807) is 0 Å². The zero-order valence-electron chi connectivity index (χ0n) is 9.87. The first kappa shape index (κ1) is 15.7. The third kappa shape index (κ3) is 7.91. The van der Waals surface area contributed by atoms with Crippen LogP contribution in [0.2, 0.25) is 0 Å². The maximum atomic E-state index is 11.3. The van der Waals surface area contributed by atoms with Gasteiger partial charge in [0.25, 0.3) is 0 Å². The highest BCUT2D eigenvalue weighted by Crippen LogP contribution is 2.27. The molecule has 1 saturated carbocycles. The molecule has 0 aromatic heterocycles. The Labute approximate surface area is 104 Å². The van der Waals surface area contributed by atoms with Gasteiger partial charge in [0.2, 0.25) is 5.91 Å². The molecule has 0 aromatic rings. The van der Waals surface area contributed by atoms with E-state index < -0.39 is 6.10 Å². The van der Waals surface area contributed by atoms with E-state index in [9.17, 15) is 9.90 Å². The molecule has 5 heteroatoms. The second-order valence-electron chi connectivity index (χ2n) is 4.32. The molecule has 1 aliphatic rings. The van der Waals surface area contributed by atoms with Crippen LogP contribution in [0, 0.1) is 5.92 Å². The summed E-state index contributed by atoms with van der Waals surface area (Å²) in [5, 5.41) is 15.2. The summed E-state index contributed by atoms with van der Waals surface area (Å²) < 4.78 is 0. The molecule has 0 heterocycles. The molecule has 1 amide bonds. The van der Waals surface area contributed by atoms with E-state index in [4.69, 9.17) is 0 Å². The van der Waals surface area contributed by atoms with Crippen LogP contribution >= 0.6 is 12.4 Å². The molecule has 1 rings (SSSR count). The molecule has 1 aliphatic carbocycles. The van der Waals surface area contributed by atoms with Crippen LogP contribution < -0.4 is 10.6 Å². The molecule has 1 unspecified atom stereocenters. The third-order valence-corrected chi connectivity index (χ3v) is 2.57. The lowest BCUT2D eigenvalue weighted by molar-refractivity contribution is -0.120. The number of carbonyl (C=O) groups is 1. The Morgan fingerprint density at radius 2 is 2.19 bits per heavy atom. The number of amides is 1. The largest absolute Gasteiger partial charge is 0.391 e. The Balaban J connectivity index is 0.00000225. The van der Waals surface area contributed by atoms with Crippen molar-refractivity contribution in [2.45, 2.75) is 38.7 Å². The molecule has 4 nitrogen and oxygen atoms in total. The van der Waals surface area contributed by atoms with E-state index in [0.717, 1.165) is 25.3 Å². The van der Waals surface area contributed by atoms with Crippen LogP contribution in [0.4, 0.5) is 0 Å². The van der Waals surface area contributed by atoms with E-state index in [0.29, 0.717) is 13.1 Å².